The van der Waals surface area contributed by atoms with Gasteiger partial charge in [0.15, 0.2) is 0 Å². The summed E-state index contributed by atoms with van der Waals surface area (Å²) in [6.07, 6.45) is 3.28. The molecule has 1 aliphatic heterocycles. The van der Waals surface area contributed by atoms with Gasteiger partial charge in [-0.05, 0) is 38.2 Å². The van der Waals surface area contributed by atoms with Gasteiger partial charge >= 0.3 is 18.1 Å². The molecule has 1 aliphatic carbocycles. The van der Waals surface area contributed by atoms with E-state index in [-0.39, 0.29) is 17.7 Å². The van der Waals surface area contributed by atoms with Crippen LogP contribution in [0, 0.1) is 0 Å². The highest BCUT2D eigenvalue weighted by molar-refractivity contribution is 7.17. The minimum absolute atomic E-state index is 0.239. The molecule has 0 saturated carbocycles. The Morgan fingerprint density at radius 1 is 1.12 bits per heavy atom. The highest BCUT2D eigenvalue weighted by Gasteiger charge is 2.29. The van der Waals surface area contributed by atoms with E-state index in [2.05, 4.69) is 5.32 Å². The van der Waals surface area contributed by atoms with Crippen LogP contribution in [0.4, 0.5) is 14.6 Å². The third kappa shape index (κ3) is 3.77. The van der Waals surface area contributed by atoms with Gasteiger partial charge in [0.25, 0.3) is 0 Å². The molecule has 0 bridgehead atoms. The zero-order valence-corrected chi connectivity index (χ0v) is 15.6. The van der Waals surface area contributed by atoms with Gasteiger partial charge in [-0.3, -0.25) is 5.32 Å². The van der Waals surface area contributed by atoms with Gasteiger partial charge in [-0.15, -0.1) is 11.3 Å². The molecule has 3 rings (SSSR count). The summed E-state index contributed by atoms with van der Waals surface area (Å²) in [4.78, 5) is 40.2. The van der Waals surface area contributed by atoms with Crippen LogP contribution in [0.3, 0.4) is 0 Å². The van der Waals surface area contributed by atoms with Crippen molar-refractivity contribution in [3.63, 3.8) is 0 Å². The number of thiophene rings is 1. The molecule has 0 atom stereocenters. The number of nitrogens with one attached hydrogen (secondary N) is 1. The molecular weight excluding hydrogens is 358 g/mol. The standard InChI is InChI=1S/C17H23N3O5S/c1-2-25-17(24)20-9-7-19(8-10-20)16(23)18-14-13(15(21)22)11-5-3-4-6-12(11)26-14/h2-10H2,1H3,(H,18,23)(H,21,22). The Kier molecular flexibility index (Phi) is 5.65. The molecular formula is C17H23N3O5S. The van der Waals surface area contributed by atoms with Crippen molar-refractivity contribution >= 4 is 34.4 Å². The maximum absolute atomic E-state index is 12.6. The van der Waals surface area contributed by atoms with Crippen LogP contribution in [0.1, 0.15) is 40.6 Å². The van der Waals surface area contributed by atoms with Gasteiger partial charge in [-0.2, -0.15) is 0 Å². The third-order valence-electron chi connectivity index (χ3n) is 4.70. The van der Waals surface area contributed by atoms with Crippen LogP contribution in [-0.2, 0) is 17.6 Å². The van der Waals surface area contributed by atoms with Crippen molar-refractivity contribution in [1.29, 1.82) is 0 Å². The van der Waals surface area contributed by atoms with Crippen LogP contribution < -0.4 is 5.32 Å². The number of carbonyl (C=O) groups is 3. The minimum Gasteiger partial charge on any atom is -0.478 e. The summed E-state index contributed by atoms with van der Waals surface area (Å²) in [6.45, 7) is 3.65. The van der Waals surface area contributed by atoms with Crippen molar-refractivity contribution in [2.45, 2.75) is 32.6 Å². The van der Waals surface area contributed by atoms with Crippen LogP contribution in [0.2, 0.25) is 0 Å². The first-order chi connectivity index (χ1) is 12.5. The molecule has 2 N–H and O–H groups in total. The van der Waals surface area contributed by atoms with Crippen molar-refractivity contribution in [2.24, 2.45) is 0 Å². The number of anilines is 1. The van der Waals surface area contributed by atoms with E-state index in [4.69, 9.17) is 4.74 Å². The normalized spacial score (nSPS) is 16.8. The molecule has 3 amide bonds. The molecule has 1 aromatic heterocycles. The zero-order valence-electron chi connectivity index (χ0n) is 14.7. The quantitative estimate of drug-likeness (QED) is 0.838. The zero-order chi connectivity index (χ0) is 18.7. The van der Waals surface area contributed by atoms with E-state index in [9.17, 15) is 19.5 Å². The Balaban J connectivity index is 1.65. The molecule has 142 valence electrons. The maximum atomic E-state index is 12.6. The van der Waals surface area contributed by atoms with E-state index < -0.39 is 5.97 Å². The van der Waals surface area contributed by atoms with Gasteiger partial charge in [0, 0.05) is 31.1 Å². The molecule has 0 spiro atoms. The molecule has 26 heavy (non-hydrogen) atoms. The number of rotatable bonds is 3. The number of hydrogen-bond acceptors (Lipinski definition) is 5. The van der Waals surface area contributed by atoms with E-state index >= 15 is 0 Å². The van der Waals surface area contributed by atoms with Gasteiger partial charge in [0.05, 0.1) is 12.2 Å². The number of ether oxygens (including phenoxy) is 1. The molecule has 1 fully saturated rings. The fourth-order valence-electron chi connectivity index (χ4n) is 3.36. The molecule has 9 heteroatoms. The highest BCUT2D eigenvalue weighted by atomic mass is 32.1. The monoisotopic (exact) mass is 381 g/mol. The number of carboxylic acids is 1. The summed E-state index contributed by atoms with van der Waals surface area (Å²) in [5, 5.41) is 12.8. The van der Waals surface area contributed by atoms with Crippen LogP contribution in [0.5, 0.6) is 0 Å². The van der Waals surface area contributed by atoms with Crippen molar-refractivity contribution in [2.75, 3.05) is 38.1 Å². The lowest BCUT2D eigenvalue weighted by atomic mass is 9.95. The lowest BCUT2D eigenvalue weighted by Gasteiger charge is -2.33. The van der Waals surface area contributed by atoms with Gasteiger partial charge < -0.3 is 19.6 Å². The summed E-state index contributed by atoms with van der Waals surface area (Å²) in [6, 6.07) is -0.324. The summed E-state index contributed by atoms with van der Waals surface area (Å²) < 4.78 is 4.97. The lowest BCUT2D eigenvalue weighted by Crippen LogP contribution is -2.51. The first kappa shape index (κ1) is 18.5. The van der Waals surface area contributed by atoms with E-state index in [1.54, 1.807) is 16.7 Å². The summed E-state index contributed by atoms with van der Waals surface area (Å²) in [5.74, 6) is -0.994. The van der Waals surface area contributed by atoms with Gasteiger partial charge in [0.2, 0.25) is 0 Å². The van der Waals surface area contributed by atoms with Crippen molar-refractivity contribution < 1.29 is 24.2 Å². The maximum Gasteiger partial charge on any atom is 0.409 e. The summed E-state index contributed by atoms with van der Waals surface area (Å²) in [5.41, 5.74) is 1.11. The van der Waals surface area contributed by atoms with Crippen LogP contribution in [-0.4, -0.2) is 65.8 Å². The SMILES string of the molecule is CCOC(=O)N1CCN(C(=O)Nc2sc3c(c2C(=O)O)CCCC3)CC1. The number of aromatic carboxylic acids is 1. The first-order valence-electron chi connectivity index (χ1n) is 8.86. The number of urea groups is 1. The molecule has 1 aromatic rings. The largest absolute Gasteiger partial charge is 0.478 e. The van der Waals surface area contributed by atoms with Gasteiger partial charge in [-0.1, -0.05) is 0 Å². The Labute approximate surface area is 155 Å². The van der Waals surface area contributed by atoms with Crippen LogP contribution in [0.15, 0.2) is 0 Å². The number of carboxylic acid groups (broad SMARTS) is 1. The number of hydrogen-bond donors (Lipinski definition) is 2. The fourth-order valence-corrected chi connectivity index (χ4v) is 4.63. The summed E-state index contributed by atoms with van der Waals surface area (Å²) >= 11 is 1.37. The number of fused-ring (bicyclic) bond motifs is 1. The second-order valence-electron chi connectivity index (χ2n) is 6.32. The minimum atomic E-state index is -0.994. The average molecular weight is 381 g/mol. The second kappa shape index (κ2) is 7.94. The molecule has 2 heterocycles. The lowest BCUT2D eigenvalue weighted by molar-refractivity contribution is 0.0696. The smallest absolute Gasteiger partial charge is 0.409 e. The number of amides is 3. The third-order valence-corrected chi connectivity index (χ3v) is 5.91. The topological polar surface area (TPSA) is 99.2 Å². The van der Waals surface area contributed by atoms with Crippen molar-refractivity contribution in [1.82, 2.24) is 9.80 Å². The fraction of sp³-hybridized carbons (Fsp3) is 0.588. The molecule has 0 unspecified atom stereocenters. The number of aryl methyl sites for hydroxylation is 1. The highest BCUT2D eigenvalue weighted by Crippen LogP contribution is 2.38. The van der Waals surface area contributed by atoms with E-state index in [0.29, 0.717) is 37.8 Å². The molecule has 0 aromatic carbocycles. The number of nitrogens with zero attached hydrogens (tertiary/aromatic N) is 2. The summed E-state index contributed by atoms with van der Waals surface area (Å²) in [7, 11) is 0. The number of piperazine rings is 1. The Morgan fingerprint density at radius 3 is 2.42 bits per heavy atom. The van der Waals surface area contributed by atoms with Crippen molar-refractivity contribution in [3.8, 4) is 0 Å². The average Bonchev–Trinajstić information content (AvgIpc) is 3.00. The van der Waals surface area contributed by atoms with Crippen LogP contribution >= 0.6 is 11.3 Å². The van der Waals surface area contributed by atoms with Gasteiger partial charge in [0.1, 0.15) is 5.00 Å². The van der Waals surface area contributed by atoms with Gasteiger partial charge in [-0.25, -0.2) is 14.4 Å². The van der Waals surface area contributed by atoms with Crippen LogP contribution in [0.25, 0.3) is 0 Å². The van der Waals surface area contributed by atoms with E-state index in [0.717, 1.165) is 36.1 Å². The predicted molar refractivity (Wildman–Crippen MR) is 97.1 cm³/mol. The second-order valence-corrected chi connectivity index (χ2v) is 7.43. The molecule has 1 saturated heterocycles. The Morgan fingerprint density at radius 2 is 1.77 bits per heavy atom. The molecule has 0 radical (unpaired) electrons. The van der Waals surface area contributed by atoms with Crippen molar-refractivity contribution in [3.05, 3.63) is 16.0 Å². The van der Waals surface area contributed by atoms with E-state index in [1.807, 2.05) is 0 Å². The first-order valence-corrected chi connectivity index (χ1v) is 9.68. The Bertz CT molecular complexity index is 709. The number of carbonyl (C=O) groups excluding carboxylic acids is 2. The molecule has 8 nitrogen and oxygen atoms in total. The van der Waals surface area contributed by atoms with E-state index in [1.165, 1.54) is 11.3 Å². The molecule has 2 aliphatic rings. The Hall–Kier alpha value is -2.29. The predicted octanol–water partition coefficient (Wildman–Crippen LogP) is 2.63.